The highest BCUT2D eigenvalue weighted by Crippen LogP contribution is 2.01. The second-order valence-corrected chi connectivity index (χ2v) is 2.04. The van der Waals surface area contributed by atoms with Gasteiger partial charge in [-0.2, -0.15) is 0 Å². The predicted molar refractivity (Wildman–Crippen MR) is 39.5 cm³/mol. The average Bonchev–Trinajstić information content (AvgIpc) is 2.13. The van der Waals surface area contributed by atoms with Crippen molar-refractivity contribution in [2.75, 3.05) is 6.54 Å². The molecule has 1 N–H and O–H groups in total. The van der Waals surface area contributed by atoms with Crippen LogP contribution < -0.4 is 5.32 Å². The molecule has 0 aromatic heterocycles. The zero-order chi connectivity index (χ0) is 6.53. The Kier molecular flexibility index (Phi) is 2.31. The fraction of sp³-hybridized carbons (Fsp3) is 0.571. The van der Waals surface area contributed by atoms with Crippen molar-refractivity contribution < 1.29 is 0 Å². The minimum atomic E-state index is 1.02. The van der Waals surface area contributed by atoms with Crippen LogP contribution in [-0.2, 0) is 0 Å². The third-order valence-corrected chi connectivity index (χ3v) is 1.31. The van der Waals surface area contributed by atoms with E-state index < -0.39 is 0 Å². The van der Waals surface area contributed by atoms with Gasteiger partial charge < -0.3 is 5.32 Å². The van der Waals surface area contributed by atoms with Gasteiger partial charge >= 0.3 is 0 Å². The molecule has 1 heterocycles. The van der Waals surface area contributed by atoms with E-state index in [0.717, 1.165) is 25.1 Å². The first-order chi connectivity index (χ1) is 4.43. The van der Waals surface area contributed by atoms with E-state index in [1.165, 1.54) is 0 Å². The van der Waals surface area contributed by atoms with Crippen molar-refractivity contribution in [2.45, 2.75) is 19.8 Å². The number of rotatable bonds is 1. The van der Waals surface area contributed by atoms with Crippen molar-refractivity contribution in [3.63, 3.8) is 0 Å². The summed E-state index contributed by atoms with van der Waals surface area (Å²) in [5, 5.41) is 3.16. The third kappa shape index (κ3) is 1.88. The number of nitrogens with one attached hydrogen (secondary N) is 1. The summed E-state index contributed by atoms with van der Waals surface area (Å²) in [6.45, 7) is 3.13. The van der Waals surface area contributed by atoms with Crippen molar-refractivity contribution in [3.05, 3.63) is 11.9 Å². The summed E-state index contributed by atoms with van der Waals surface area (Å²) >= 11 is 0. The van der Waals surface area contributed by atoms with Crippen molar-refractivity contribution in [3.8, 4) is 0 Å². The fourth-order valence-corrected chi connectivity index (χ4v) is 0.750. The Balaban J connectivity index is 2.53. The lowest BCUT2D eigenvalue weighted by molar-refractivity contribution is 0.874. The molecule has 0 saturated heterocycles. The monoisotopic (exact) mass is 124 g/mol. The predicted octanol–water partition coefficient (Wildman–Crippen LogP) is 1.30. The first kappa shape index (κ1) is 6.33. The highest BCUT2D eigenvalue weighted by molar-refractivity contribution is 5.59. The molecule has 50 valence electrons. The van der Waals surface area contributed by atoms with E-state index >= 15 is 0 Å². The van der Waals surface area contributed by atoms with Gasteiger partial charge in [0.1, 0.15) is 0 Å². The summed E-state index contributed by atoms with van der Waals surface area (Å²) in [6.07, 6.45) is 6.02. The van der Waals surface area contributed by atoms with Gasteiger partial charge in [0.05, 0.1) is 5.70 Å². The van der Waals surface area contributed by atoms with E-state index in [-0.39, 0.29) is 0 Å². The largest absolute Gasteiger partial charge is 0.389 e. The lowest BCUT2D eigenvalue weighted by Crippen LogP contribution is -2.05. The molecule has 0 fully saturated rings. The van der Waals surface area contributed by atoms with Crippen LogP contribution in [0.3, 0.4) is 0 Å². The van der Waals surface area contributed by atoms with Crippen LogP contribution in [0.25, 0.3) is 0 Å². The molecular weight excluding hydrogens is 112 g/mol. The highest BCUT2D eigenvalue weighted by atomic mass is 14.9. The van der Waals surface area contributed by atoms with E-state index in [4.69, 9.17) is 0 Å². The Bertz CT molecular complexity index is 136. The molecule has 2 heteroatoms. The van der Waals surface area contributed by atoms with E-state index in [1.807, 2.05) is 12.4 Å². The summed E-state index contributed by atoms with van der Waals surface area (Å²) in [5.41, 5.74) is 1.15. The zero-order valence-corrected chi connectivity index (χ0v) is 5.72. The lowest BCUT2D eigenvalue weighted by Gasteiger charge is -1.93. The van der Waals surface area contributed by atoms with Gasteiger partial charge in [-0.25, -0.2) is 0 Å². The van der Waals surface area contributed by atoms with Crippen LogP contribution in [0.4, 0.5) is 0 Å². The van der Waals surface area contributed by atoms with Crippen molar-refractivity contribution in [2.24, 2.45) is 4.99 Å². The van der Waals surface area contributed by atoms with E-state index in [2.05, 4.69) is 17.2 Å². The topological polar surface area (TPSA) is 24.4 Å². The molecule has 1 rings (SSSR count). The number of hydrogen-bond acceptors (Lipinski definition) is 2. The Hall–Kier alpha value is -0.790. The van der Waals surface area contributed by atoms with Crippen LogP contribution in [0.5, 0.6) is 0 Å². The van der Waals surface area contributed by atoms with Crippen LogP contribution >= 0.6 is 0 Å². The molecule has 0 unspecified atom stereocenters. The molecule has 1 aliphatic rings. The van der Waals surface area contributed by atoms with Crippen LogP contribution in [0.15, 0.2) is 16.9 Å². The van der Waals surface area contributed by atoms with Crippen LogP contribution in [0.2, 0.25) is 0 Å². The molecule has 0 spiro atoms. The SMILES string of the molecule is CCC1=CNCCC=N1. The summed E-state index contributed by atoms with van der Waals surface area (Å²) in [7, 11) is 0. The molecule has 0 bridgehead atoms. The maximum absolute atomic E-state index is 4.22. The average molecular weight is 124 g/mol. The van der Waals surface area contributed by atoms with Gasteiger partial charge in [-0.15, -0.1) is 0 Å². The van der Waals surface area contributed by atoms with E-state index in [0.29, 0.717) is 0 Å². The summed E-state index contributed by atoms with van der Waals surface area (Å²) in [6, 6.07) is 0. The van der Waals surface area contributed by atoms with E-state index in [1.54, 1.807) is 0 Å². The highest BCUT2D eigenvalue weighted by Gasteiger charge is 1.91. The van der Waals surface area contributed by atoms with Gasteiger partial charge in [-0.05, 0) is 12.8 Å². The molecule has 0 aromatic carbocycles. The smallest absolute Gasteiger partial charge is 0.0553 e. The standard InChI is InChI=1S/C7H12N2/c1-2-7-6-8-4-3-5-9-7/h5-6,8H,2-4H2,1H3. The molecular formula is C7H12N2. The molecule has 0 aromatic rings. The lowest BCUT2D eigenvalue weighted by atomic mass is 10.4. The minimum absolute atomic E-state index is 1.02. The van der Waals surface area contributed by atoms with Crippen LogP contribution in [0.1, 0.15) is 19.8 Å². The summed E-state index contributed by atoms with van der Waals surface area (Å²) in [5.74, 6) is 0. The molecule has 0 atom stereocenters. The van der Waals surface area contributed by atoms with Gasteiger partial charge in [0.2, 0.25) is 0 Å². The first-order valence-electron chi connectivity index (χ1n) is 3.38. The Labute approximate surface area is 55.7 Å². The number of hydrogen-bond donors (Lipinski definition) is 1. The van der Waals surface area contributed by atoms with Gasteiger partial charge in [-0.1, -0.05) is 6.92 Å². The van der Waals surface area contributed by atoms with Crippen molar-refractivity contribution in [1.82, 2.24) is 5.32 Å². The first-order valence-corrected chi connectivity index (χ1v) is 3.38. The molecule has 0 radical (unpaired) electrons. The normalized spacial score (nSPS) is 18.1. The van der Waals surface area contributed by atoms with Gasteiger partial charge in [-0.3, -0.25) is 4.99 Å². The van der Waals surface area contributed by atoms with Gasteiger partial charge in [0.15, 0.2) is 0 Å². The fourth-order valence-electron chi connectivity index (χ4n) is 0.750. The molecule has 2 nitrogen and oxygen atoms in total. The second-order valence-electron chi connectivity index (χ2n) is 2.04. The quantitative estimate of drug-likeness (QED) is 0.560. The molecule has 0 aliphatic carbocycles. The molecule has 1 aliphatic heterocycles. The van der Waals surface area contributed by atoms with Gasteiger partial charge in [0.25, 0.3) is 0 Å². The molecule has 9 heavy (non-hydrogen) atoms. The summed E-state index contributed by atoms with van der Waals surface area (Å²) in [4.78, 5) is 4.22. The molecule has 0 amide bonds. The minimum Gasteiger partial charge on any atom is -0.389 e. The Morgan fingerprint density at radius 1 is 1.78 bits per heavy atom. The second kappa shape index (κ2) is 3.28. The Morgan fingerprint density at radius 3 is 3.44 bits per heavy atom. The van der Waals surface area contributed by atoms with Crippen molar-refractivity contribution in [1.29, 1.82) is 0 Å². The van der Waals surface area contributed by atoms with Crippen LogP contribution in [-0.4, -0.2) is 12.8 Å². The van der Waals surface area contributed by atoms with Crippen LogP contribution in [0, 0.1) is 0 Å². The van der Waals surface area contributed by atoms with Crippen molar-refractivity contribution >= 4 is 6.21 Å². The third-order valence-electron chi connectivity index (χ3n) is 1.31. The Morgan fingerprint density at radius 2 is 2.67 bits per heavy atom. The van der Waals surface area contributed by atoms with E-state index in [9.17, 15) is 0 Å². The summed E-state index contributed by atoms with van der Waals surface area (Å²) < 4.78 is 0. The zero-order valence-electron chi connectivity index (χ0n) is 5.72. The maximum atomic E-state index is 4.22. The maximum Gasteiger partial charge on any atom is 0.0553 e. The number of aliphatic imine (C=N–C) groups is 1. The van der Waals surface area contributed by atoms with Gasteiger partial charge in [0, 0.05) is 19.0 Å². The molecule has 0 saturated carbocycles. The number of allylic oxidation sites excluding steroid dienone is 1. The number of nitrogens with zero attached hydrogens (tertiary/aromatic N) is 1.